The molecule has 3 N–H and O–H groups in total. The van der Waals surface area contributed by atoms with Crippen LogP contribution in [0.3, 0.4) is 0 Å². The van der Waals surface area contributed by atoms with E-state index >= 15 is 0 Å². The fourth-order valence-electron chi connectivity index (χ4n) is 3.38. The van der Waals surface area contributed by atoms with Gasteiger partial charge in [0.2, 0.25) is 0 Å². The Morgan fingerprint density at radius 3 is 2.88 bits per heavy atom. The highest BCUT2D eigenvalue weighted by Gasteiger charge is 2.21. The molecule has 3 rings (SSSR count). The van der Waals surface area contributed by atoms with Crippen LogP contribution in [0.15, 0.2) is 35.1 Å². The zero-order chi connectivity index (χ0) is 17.1. The standard InChI is InChI=1S/C19H23N3O2/c1-12-10-13(2)21-18(23)16(12)11-20-19(24)22-17-9-5-7-14-6-3-4-8-15(14)17/h3-4,6,8,10,17H,5,7,9,11H2,1-2H3,(H,21,23)(H2,20,22,24)/t17-/m1/s1. The van der Waals surface area contributed by atoms with Crippen molar-refractivity contribution in [3.05, 3.63) is 68.6 Å². The molecule has 0 bridgehead atoms. The first kappa shape index (κ1) is 16.3. The lowest BCUT2D eigenvalue weighted by molar-refractivity contribution is 0.235. The van der Waals surface area contributed by atoms with Gasteiger partial charge in [-0.3, -0.25) is 4.79 Å². The molecule has 1 aliphatic rings. The lowest BCUT2D eigenvalue weighted by Crippen LogP contribution is -2.39. The SMILES string of the molecule is Cc1cc(C)c(CNC(=O)N[C@@H]2CCCc3ccccc32)c(=O)[nH]1. The zero-order valence-corrected chi connectivity index (χ0v) is 14.1. The second-order valence-corrected chi connectivity index (χ2v) is 6.41. The van der Waals surface area contributed by atoms with Crippen LogP contribution in [0.4, 0.5) is 4.79 Å². The summed E-state index contributed by atoms with van der Waals surface area (Å²) in [5.41, 5.74) is 4.67. The molecule has 1 atom stereocenters. The molecule has 1 aromatic carbocycles. The molecule has 126 valence electrons. The quantitative estimate of drug-likeness (QED) is 0.812. The van der Waals surface area contributed by atoms with E-state index in [4.69, 9.17) is 0 Å². The molecule has 2 aromatic rings. The number of hydrogen-bond acceptors (Lipinski definition) is 2. The van der Waals surface area contributed by atoms with Gasteiger partial charge >= 0.3 is 6.03 Å². The summed E-state index contributed by atoms with van der Waals surface area (Å²) in [6.45, 7) is 3.95. The first-order valence-electron chi connectivity index (χ1n) is 8.36. The average molecular weight is 325 g/mol. The minimum absolute atomic E-state index is 0.0346. The second-order valence-electron chi connectivity index (χ2n) is 6.41. The predicted molar refractivity (Wildman–Crippen MR) is 94.0 cm³/mol. The lowest BCUT2D eigenvalue weighted by atomic mass is 9.88. The fraction of sp³-hybridized carbons (Fsp3) is 0.368. The zero-order valence-electron chi connectivity index (χ0n) is 14.1. The van der Waals surface area contributed by atoms with E-state index in [-0.39, 0.29) is 24.2 Å². The molecule has 0 fully saturated rings. The molecule has 5 nitrogen and oxygen atoms in total. The molecule has 0 aliphatic heterocycles. The van der Waals surface area contributed by atoms with Gasteiger partial charge in [-0.25, -0.2) is 4.79 Å². The van der Waals surface area contributed by atoms with E-state index in [1.807, 2.05) is 32.0 Å². The average Bonchev–Trinajstić information content (AvgIpc) is 2.54. The van der Waals surface area contributed by atoms with Crippen LogP contribution in [-0.2, 0) is 13.0 Å². The maximum atomic E-state index is 12.2. The third kappa shape index (κ3) is 3.50. The van der Waals surface area contributed by atoms with E-state index in [0.717, 1.165) is 30.5 Å². The molecule has 24 heavy (non-hydrogen) atoms. The number of carbonyl (C=O) groups is 1. The molecule has 0 saturated carbocycles. The predicted octanol–water partition coefficient (Wildman–Crippen LogP) is 2.87. The maximum absolute atomic E-state index is 12.2. The topological polar surface area (TPSA) is 74.0 Å². The van der Waals surface area contributed by atoms with Crippen molar-refractivity contribution in [2.45, 2.75) is 45.7 Å². The molecule has 2 amide bonds. The highest BCUT2D eigenvalue weighted by molar-refractivity contribution is 5.74. The van der Waals surface area contributed by atoms with Crippen LogP contribution < -0.4 is 16.2 Å². The molecule has 0 unspecified atom stereocenters. The largest absolute Gasteiger partial charge is 0.334 e. The fourth-order valence-corrected chi connectivity index (χ4v) is 3.38. The Balaban J connectivity index is 1.64. The molecule has 0 saturated heterocycles. The van der Waals surface area contributed by atoms with Gasteiger partial charge in [-0.1, -0.05) is 24.3 Å². The number of rotatable bonds is 3. The van der Waals surface area contributed by atoms with Crippen molar-refractivity contribution in [2.75, 3.05) is 0 Å². The van der Waals surface area contributed by atoms with Crippen LogP contribution in [0.1, 0.15) is 46.8 Å². The Morgan fingerprint density at radius 1 is 1.29 bits per heavy atom. The van der Waals surface area contributed by atoms with Crippen molar-refractivity contribution in [3.8, 4) is 0 Å². The van der Waals surface area contributed by atoms with Crippen molar-refractivity contribution in [3.63, 3.8) is 0 Å². The molecule has 1 aromatic heterocycles. The minimum atomic E-state index is -0.240. The van der Waals surface area contributed by atoms with Crippen LogP contribution >= 0.6 is 0 Å². The Morgan fingerprint density at radius 2 is 2.08 bits per heavy atom. The van der Waals surface area contributed by atoms with E-state index in [1.165, 1.54) is 11.1 Å². The van der Waals surface area contributed by atoms with Crippen molar-refractivity contribution < 1.29 is 4.79 Å². The van der Waals surface area contributed by atoms with E-state index in [0.29, 0.717) is 5.56 Å². The van der Waals surface area contributed by atoms with E-state index in [9.17, 15) is 9.59 Å². The number of pyridine rings is 1. The molecule has 1 heterocycles. The summed E-state index contributed by atoms with van der Waals surface area (Å²) in [5.74, 6) is 0. The number of hydrogen-bond donors (Lipinski definition) is 3. The second kappa shape index (κ2) is 6.91. The maximum Gasteiger partial charge on any atom is 0.315 e. The summed E-state index contributed by atoms with van der Waals surface area (Å²) < 4.78 is 0. The Bertz CT molecular complexity index is 810. The number of carbonyl (C=O) groups excluding carboxylic acids is 1. The van der Waals surface area contributed by atoms with Gasteiger partial charge in [-0.15, -0.1) is 0 Å². The minimum Gasteiger partial charge on any atom is -0.334 e. The summed E-state index contributed by atoms with van der Waals surface area (Å²) in [6, 6.07) is 9.95. The summed E-state index contributed by atoms with van der Waals surface area (Å²) in [4.78, 5) is 27.0. The Kier molecular flexibility index (Phi) is 4.69. The monoisotopic (exact) mass is 325 g/mol. The number of benzene rings is 1. The number of urea groups is 1. The smallest absolute Gasteiger partial charge is 0.315 e. The van der Waals surface area contributed by atoms with E-state index < -0.39 is 0 Å². The van der Waals surface area contributed by atoms with Crippen LogP contribution in [-0.4, -0.2) is 11.0 Å². The third-order valence-electron chi connectivity index (χ3n) is 4.59. The van der Waals surface area contributed by atoms with Gasteiger partial charge in [0.15, 0.2) is 0 Å². The number of nitrogens with one attached hydrogen (secondary N) is 3. The normalized spacial score (nSPS) is 16.3. The van der Waals surface area contributed by atoms with Crippen LogP contribution in [0.25, 0.3) is 0 Å². The molecule has 1 aliphatic carbocycles. The van der Waals surface area contributed by atoms with Crippen LogP contribution in [0.5, 0.6) is 0 Å². The van der Waals surface area contributed by atoms with Gasteiger partial charge < -0.3 is 15.6 Å². The van der Waals surface area contributed by atoms with Gasteiger partial charge in [-0.05, 0) is 55.9 Å². The highest BCUT2D eigenvalue weighted by Crippen LogP contribution is 2.29. The molecule has 0 radical (unpaired) electrons. The number of amides is 2. The molecule has 5 heteroatoms. The van der Waals surface area contributed by atoms with Crippen molar-refractivity contribution >= 4 is 6.03 Å². The molecule has 0 spiro atoms. The molecular weight excluding hydrogens is 302 g/mol. The van der Waals surface area contributed by atoms with Gasteiger partial charge in [0.25, 0.3) is 5.56 Å². The van der Waals surface area contributed by atoms with Gasteiger partial charge in [0.1, 0.15) is 0 Å². The number of aryl methyl sites for hydroxylation is 3. The summed E-state index contributed by atoms with van der Waals surface area (Å²) in [7, 11) is 0. The first-order chi connectivity index (χ1) is 11.5. The lowest BCUT2D eigenvalue weighted by Gasteiger charge is -2.26. The Labute approximate surface area is 141 Å². The van der Waals surface area contributed by atoms with Crippen molar-refractivity contribution in [1.82, 2.24) is 15.6 Å². The number of H-pyrrole nitrogens is 1. The molecular formula is C19H23N3O2. The summed E-state index contributed by atoms with van der Waals surface area (Å²) in [5, 5.41) is 5.84. The van der Waals surface area contributed by atoms with Gasteiger partial charge in [0, 0.05) is 11.3 Å². The number of aromatic amines is 1. The third-order valence-corrected chi connectivity index (χ3v) is 4.59. The van der Waals surface area contributed by atoms with Crippen LogP contribution in [0, 0.1) is 13.8 Å². The van der Waals surface area contributed by atoms with Crippen molar-refractivity contribution in [2.24, 2.45) is 0 Å². The highest BCUT2D eigenvalue weighted by atomic mass is 16.2. The number of fused-ring (bicyclic) bond motifs is 1. The van der Waals surface area contributed by atoms with E-state index in [1.54, 1.807) is 0 Å². The van der Waals surface area contributed by atoms with Gasteiger partial charge in [-0.2, -0.15) is 0 Å². The summed E-state index contributed by atoms with van der Waals surface area (Å²) >= 11 is 0. The van der Waals surface area contributed by atoms with E-state index in [2.05, 4.69) is 27.8 Å². The summed E-state index contributed by atoms with van der Waals surface area (Å²) in [6.07, 6.45) is 3.07. The van der Waals surface area contributed by atoms with Crippen molar-refractivity contribution in [1.29, 1.82) is 0 Å². The first-order valence-corrected chi connectivity index (χ1v) is 8.36. The Hall–Kier alpha value is -2.56. The van der Waals surface area contributed by atoms with Crippen LogP contribution in [0.2, 0.25) is 0 Å². The number of aromatic nitrogens is 1. The van der Waals surface area contributed by atoms with Gasteiger partial charge in [0.05, 0.1) is 12.6 Å².